The number of allylic oxidation sites excluding steroid dienone is 26. The number of quaternary nitrogens is 1. The Kier molecular flexibility index (Phi) is 53.3. The molecule has 0 radical (unpaired) electrons. The van der Waals surface area contributed by atoms with E-state index in [4.69, 9.17) is 18.9 Å². The number of hydrogen-bond donors (Lipinski definition) is 1. The number of aliphatic carboxylic acids is 1. The normalized spacial score (nSPS) is 13.9. The van der Waals surface area contributed by atoms with Crippen molar-refractivity contribution in [2.45, 2.75) is 206 Å². The first-order valence-electron chi connectivity index (χ1n) is 29.6. The predicted octanol–water partition coefficient (Wildman–Crippen LogP) is 17.8. The van der Waals surface area contributed by atoms with Crippen molar-refractivity contribution in [3.8, 4) is 0 Å². The monoisotopic (exact) mass is 1070 g/mol. The highest BCUT2D eigenvalue weighted by atomic mass is 16.7. The Balaban J connectivity index is 4.30. The fraction of sp³-hybridized carbons (Fsp3) is 0.574. The molecule has 0 rings (SSSR count). The molecular formula is C68H108NO8+. The number of ether oxygens (including phenoxy) is 4. The van der Waals surface area contributed by atoms with Crippen molar-refractivity contribution >= 4 is 17.9 Å². The van der Waals surface area contributed by atoms with Gasteiger partial charge in [0.25, 0.3) is 6.29 Å². The van der Waals surface area contributed by atoms with E-state index in [9.17, 15) is 19.5 Å². The SMILES string of the molecule is CC/C=C\C/C=C\C/C=C\C/C=C\C/C=C\C/C=C\C/C=C\C/C=C\C/C=C\CCCCCCCCCC(=O)OC(COC(=O)CCCCCC/C=C\C/C=C\C/C=C\C/C=C\CC)COC(OCC[N+](C)(C)C)C(=O)O. The van der Waals surface area contributed by atoms with Gasteiger partial charge in [0.2, 0.25) is 0 Å². The molecule has 9 heteroatoms. The van der Waals surface area contributed by atoms with E-state index in [1.54, 1.807) is 0 Å². The van der Waals surface area contributed by atoms with Crippen molar-refractivity contribution < 1.29 is 42.9 Å². The first-order chi connectivity index (χ1) is 37.6. The number of esters is 2. The molecule has 0 amide bonds. The Labute approximate surface area is 470 Å². The van der Waals surface area contributed by atoms with Gasteiger partial charge in [-0.15, -0.1) is 0 Å². The molecule has 0 bridgehead atoms. The summed E-state index contributed by atoms with van der Waals surface area (Å²) in [6.45, 7) is 4.57. The molecule has 2 unspecified atom stereocenters. The molecule has 0 aliphatic carbocycles. The molecule has 2 atom stereocenters. The summed E-state index contributed by atoms with van der Waals surface area (Å²) >= 11 is 0. The van der Waals surface area contributed by atoms with E-state index in [0.717, 1.165) is 135 Å². The molecule has 0 fully saturated rings. The van der Waals surface area contributed by atoms with Crippen LogP contribution in [0.4, 0.5) is 0 Å². The molecular weight excluding hydrogens is 959 g/mol. The second-order valence-electron chi connectivity index (χ2n) is 20.2. The van der Waals surface area contributed by atoms with E-state index in [0.29, 0.717) is 23.9 Å². The van der Waals surface area contributed by atoms with Gasteiger partial charge in [-0.2, -0.15) is 0 Å². The maximum atomic E-state index is 12.9. The van der Waals surface area contributed by atoms with Crippen LogP contribution in [0.3, 0.4) is 0 Å². The molecule has 0 aliphatic heterocycles. The van der Waals surface area contributed by atoms with Gasteiger partial charge < -0.3 is 28.5 Å². The van der Waals surface area contributed by atoms with Gasteiger partial charge in [0.15, 0.2) is 6.10 Å². The van der Waals surface area contributed by atoms with Gasteiger partial charge in [-0.1, -0.05) is 217 Å². The van der Waals surface area contributed by atoms with E-state index in [1.165, 1.54) is 19.3 Å². The molecule has 0 aromatic heterocycles. The molecule has 0 aliphatic rings. The highest BCUT2D eigenvalue weighted by Gasteiger charge is 2.25. The first kappa shape index (κ1) is 71.9. The topological polar surface area (TPSA) is 108 Å². The standard InChI is InChI=1S/C68H107NO8/c1-6-8-10-12-14-16-18-20-22-24-25-26-27-28-29-30-31-32-33-34-35-36-37-38-39-40-41-43-45-47-49-51-53-55-57-59-66(71)77-64(63-76-68(67(72)73)74-61-60-69(3,4)5)62-75-65(70)58-56-54-52-50-48-46-44-42-23-21-19-17-15-13-11-9-7-2/h8-11,14-17,20-23,25-26,28-29,31-32,34-35,37-38,40-41,44,46,64,68H,6-7,12-13,18-19,24,27,30,33,36,39,42-43,45,47-63H2,1-5H3/p+1/b10-8-,11-9-,16-14-,17-15-,22-20-,23-21-,26-25-,29-28-,32-31-,35-34-,38-37-,41-40-,46-44-. The fourth-order valence-electron chi connectivity index (χ4n) is 7.29. The van der Waals surface area contributed by atoms with Crippen LogP contribution in [0.25, 0.3) is 0 Å². The van der Waals surface area contributed by atoms with E-state index >= 15 is 0 Å². The largest absolute Gasteiger partial charge is 0.477 e. The van der Waals surface area contributed by atoms with Crippen LogP contribution in [0.5, 0.6) is 0 Å². The zero-order chi connectivity index (χ0) is 56.2. The third kappa shape index (κ3) is 58.4. The van der Waals surface area contributed by atoms with Crippen molar-refractivity contribution in [3.05, 3.63) is 158 Å². The number of hydrogen-bond acceptors (Lipinski definition) is 7. The summed E-state index contributed by atoms with van der Waals surface area (Å²) in [5.74, 6) is -2.07. The molecule has 1 N–H and O–H groups in total. The maximum absolute atomic E-state index is 12.9. The minimum atomic E-state index is -1.53. The van der Waals surface area contributed by atoms with Gasteiger partial charge in [-0.05, 0) is 122 Å². The van der Waals surface area contributed by atoms with E-state index in [-0.39, 0.29) is 38.6 Å². The number of unbranched alkanes of at least 4 members (excludes halogenated alkanes) is 11. The van der Waals surface area contributed by atoms with Crippen molar-refractivity contribution in [3.63, 3.8) is 0 Å². The maximum Gasteiger partial charge on any atom is 0.361 e. The van der Waals surface area contributed by atoms with Crippen molar-refractivity contribution in [1.82, 2.24) is 0 Å². The molecule has 9 nitrogen and oxygen atoms in total. The zero-order valence-electron chi connectivity index (χ0n) is 49.0. The molecule has 0 aromatic carbocycles. The van der Waals surface area contributed by atoms with Crippen LogP contribution in [0.15, 0.2) is 158 Å². The second-order valence-corrected chi connectivity index (χ2v) is 20.2. The minimum Gasteiger partial charge on any atom is -0.477 e. The summed E-state index contributed by atoms with van der Waals surface area (Å²) in [4.78, 5) is 37.4. The van der Waals surface area contributed by atoms with E-state index in [2.05, 4.69) is 172 Å². The molecule has 432 valence electrons. The van der Waals surface area contributed by atoms with Crippen LogP contribution in [-0.2, 0) is 33.3 Å². The van der Waals surface area contributed by atoms with Crippen LogP contribution in [0.2, 0.25) is 0 Å². The molecule has 0 spiro atoms. The third-order valence-electron chi connectivity index (χ3n) is 11.8. The van der Waals surface area contributed by atoms with Gasteiger partial charge in [0, 0.05) is 12.8 Å². The summed E-state index contributed by atoms with van der Waals surface area (Å²) in [6.07, 6.45) is 81.8. The van der Waals surface area contributed by atoms with Crippen molar-refractivity contribution in [2.24, 2.45) is 0 Å². The fourth-order valence-corrected chi connectivity index (χ4v) is 7.29. The van der Waals surface area contributed by atoms with E-state index in [1.807, 2.05) is 21.1 Å². The molecule has 77 heavy (non-hydrogen) atoms. The lowest BCUT2D eigenvalue weighted by Crippen LogP contribution is -2.40. The highest BCUT2D eigenvalue weighted by molar-refractivity contribution is 5.71. The molecule has 0 heterocycles. The minimum absolute atomic E-state index is 0.172. The molecule has 0 saturated heterocycles. The lowest BCUT2D eigenvalue weighted by atomic mass is 10.1. The third-order valence-corrected chi connectivity index (χ3v) is 11.8. The van der Waals surface area contributed by atoms with Crippen LogP contribution in [-0.4, -0.2) is 87.4 Å². The number of carbonyl (C=O) groups is 3. The van der Waals surface area contributed by atoms with Gasteiger partial charge in [-0.25, -0.2) is 4.79 Å². The highest BCUT2D eigenvalue weighted by Crippen LogP contribution is 2.13. The smallest absolute Gasteiger partial charge is 0.361 e. The Hall–Kier alpha value is -5.09. The number of nitrogens with zero attached hydrogens (tertiary/aromatic N) is 1. The average molecular weight is 1070 g/mol. The molecule has 0 saturated carbocycles. The first-order valence-corrected chi connectivity index (χ1v) is 29.6. The summed E-state index contributed by atoms with van der Waals surface area (Å²) in [5, 5.41) is 9.70. The number of carboxylic acid groups (broad SMARTS) is 1. The Morgan fingerprint density at radius 2 is 0.701 bits per heavy atom. The predicted molar refractivity (Wildman–Crippen MR) is 327 cm³/mol. The van der Waals surface area contributed by atoms with Gasteiger partial charge in [0.05, 0.1) is 34.4 Å². The Bertz CT molecular complexity index is 1810. The van der Waals surface area contributed by atoms with Gasteiger partial charge in [-0.3, -0.25) is 9.59 Å². The van der Waals surface area contributed by atoms with Crippen LogP contribution >= 0.6 is 0 Å². The lowest BCUT2D eigenvalue weighted by Gasteiger charge is -2.25. The van der Waals surface area contributed by atoms with Gasteiger partial charge in [0.1, 0.15) is 13.2 Å². The Morgan fingerprint density at radius 1 is 0.390 bits per heavy atom. The molecule has 0 aromatic rings. The number of likely N-dealkylation sites (N-methyl/N-ethyl adjacent to an activating group) is 1. The van der Waals surface area contributed by atoms with E-state index < -0.39 is 24.3 Å². The number of rotatable bonds is 52. The summed E-state index contributed by atoms with van der Waals surface area (Å²) < 4.78 is 22.8. The number of carboxylic acids is 1. The van der Waals surface area contributed by atoms with Crippen LogP contribution in [0.1, 0.15) is 194 Å². The van der Waals surface area contributed by atoms with Crippen molar-refractivity contribution in [2.75, 3.05) is 47.5 Å². The summed E-state index contributed by atoms with van der Waals surface area (Å²) in [5.41, 5.74) is 0. The van der Waals surface area contributed by atoms with Crippen LogP contribution in [0, 0.1) is 0 Å². The van der Waals surface area contributed by atoms with Crippen molar-refractivity contribution in [1.29, 1.82) is 0 Å². The summed E-state index contributed by atoms with van der Waals surface area (Å²) in [7, 11) is 5.94. The number of carbonyl (C=O) groups excluding carboxylic acids is 2. The zero-order valence-corrected chi connectivity index (χ0v) is 49.0. The van der Waals surface area contributed by atoms with Crippen LogP contribution < -0.4 is 0 Å². The summed E-state index contributed by atoms with van der Waals surface area (Å²) in [6, 6.07) is 0. The quantitative estimate of drug-likeness (QED) is 0.0211. The van der Waals surface area contributed by atoms with Gasteiger partial charge >= 0.3 is 17.9 Å². The second kappa shape index (κ2) is 57.1. The lowest BCUT2D eigenvalue weighted by molar-refractivity contribution is -0.870. The average Bonchev–Trinajstić information content (AvgIpc) is 3.40. The Morgan fingerprint density at radius 3 is 1.04 bits per heavy atom.